The Morgan fingerprint density at radius 3 is 2.57 bits per heavy atom. The number of benzene rings is 2. The lowest BCUT2D eigenvalue weighted by molar-refractivity contribution is 0.0986. The first kappa shape index (κ1) is 16.3. The molecule has 0 radical (unpaired) electrons. The van der Waals surface area contributed by atoms with Crippen LogP contribution in [0.25, 0.3) is 0 Å². The largest absolute Gasteiger partial charge is 0.307 e. The third-order valence-electron chi connectivity index (χ3n) is 2.99. The maximum Gasteiger partial charge on any atom is 0.259 e. The van der Waals surface area contributed by atoms with E-state index in [0.717, 1.165) is 6.42 Å². The van der Waals surface area contributed by atoms with Gasteiger partial charge in [0.25, 0.3) is 5.91 Å². The highest BCUT2D eigenvalue weighted by atomic mass is 79.9. The molecule has 0 saturated carbocycles. The predicted octanol–water partition coefficient (Wildman–Crippen LogP) is 5.81. The van der Waals surface area contributed by atoms with Gasteiger partial charge in [0.05, 0.1) is 16.3 Å². The summed E-state index contributed by atoms with van der Waals surface area (Å²) in [7, 11) is 0. The Bertz CT molecular complexity index is 660. The van der Waals surface area contributed by atoms with Gasteiger partial charge < -0.3 is 4.90 Å². The van der Waals surface area contributed by atoms with E-state index in [2.05, 4.69) is 15.9 Å². The van der Waals surface area contributed by atoms with Gasteiger partial charge in [-0.05, 0) is 52.7 Å². The Labute approximate surface area is 142 Å². The van der Waals surface area contributed by atoms with Crippen molar-refractivity contribution in [1.29, 1.82) is 0 Å². The maximum absolute atomic E-state index is 12.8. The van der Waals surface area contributed by atoms with Crippen molar-refractivity contribution in [3.63, 3.8) is 0 Å². The lowest BCUT2D eigenvalue weighted by Crippen LogP contribution is -2.32. The molecule has 1 amide bonds. The molecule has 0 spiro atoms. The standard InChI is InChI=1S/C16H14BrCl2NO/c1-2-9-20(15-6-4-3-5-14(15)19)16(21)12-10-11(18)7-8-13(12)17/h3-8,10H,2,9H2,1H3. The second-order valence-corrected chi connectivity index (χ2v) is 6.23. The van der Waals surface area contributed by atoms with Crippen molar-refractivity contribution in [2.75, 3.05) is 11.4 Å². The van der Waals surface area contributed by atoms with Gasteiger partial charge in [0, 0.05) is 16.0 Å². The van der Waals surface area contributed by atoms with Crippen molar-refractivity contribution in [1.82, 2.24) is 0 Å². The van der Waals surface area contributed by atoms with E-state index in [0.29, 0.717) is 32.3 Å². The van der Waals surface area contributed by atoms with E-state index in [-0.39, 0.29) is 5.91 Å². The fraction of sp³-hybridized carbons (Fsp3) is 0.188. The van der Waals surface area contributed by atoms with Crippen LogP contribution in [0, 0.1) is 0 Å². The van der Waals surface area contributed by atoms with E-state index >= 15 is 0 Å². The van der Waals surface area contributed by atoms with Crippen molar-refractivity contribution < 1.29 is 4.79 Å². The van der Waals surface area contributed by atoms with Crippen LogP contribution in [0.1, 0.15) is 23.7 Å². The average molecular weight is 387 g/mol. The predicted molar refractivity (Wildman–Crippen MR) is 92.6 cm³/mol. The highest BCUT2D eigenvalue weighted by Gasteiger charge is 2.21. The van der Waals surface area contributed by atoms with Crippen LogP contribution in [0.5, 0.6) is 0 Å². The Balaban J connectivity index is 2.45. The van der Waals surface area contributed by atoms with Gasteiger partial charge in [-0.25, -0.2) is 0 Å². The number of amides is 1. The van der Waals surface area contributed by atoms with Crippen LogP contribution < -0.4 is 4.90 Å². The number of nitrogens with zero attached hydrogens (tertiary/aromatic N) is 1. The zero-order valence-electron chi connectivity index (χ0n) is 11.4. The monoisotopic (exact) mass is 385 g/mol. The molecule has 21 heavy (non-hydrogen) atoms. The van der Waals surface area contributed by atoms with E-state index in [1.807, 2.05) is 25.1 Å². The molecule has 2 rings (SSSR count). The Hall–Kier alpha value is -1.03. The fourth-order valence-electron chi connectivity index (χ4n) is 2.03. The molecular weight excluding hydrogens is 373 g/mol. The van der Waals surface area contributed by atoms with E-state index in [1.165, 1.54) is 0 Å². The first-order valence-corrected chi connectivity index (χ1v) is 8.11. The molecule has 0 N–H and O–H groups in total. The number of rotatable bonds is 4. The van der Waals surface area contributed by atoms with Crippen LogP contribution in [0.3, 0.4) is 0 Å². The van der Waals surface area contributed by atoms with Crippen LogP contribution in [0.15, 0.2) is 46.9 Å². The number of para-hydroxylation sites is 1. The summed E-state index contributed by atoms with van der Waals surface area (Å²) in [5.74, 6) is -0.126. The SMILES string of the molecule is CCCN(C(=O)c1cc(Cl)ccc1Br)c1ccccc1Cl. The van der Waals surface area contributed by atoms with Gasteiger partial charge in [0.2, 0.25) is 0 Å². The second kappa shape index (κ2) is 7.30. The quantitative estimate of drug-likeness (QED) is 0.648. The molecule has 0 saturated heterocycles. The van der Waals surface area contributed by atoms with Crippen LogP contribution in [-0.4, -0.2) is 12.5 Å². The Morgan fingerprint density at radius 1 is 1.19 bits per heavy atom. The van der Waals surface area contributed by atoms with Crippen molar-refractivity contribution in [3.8, 4) is 0 Å². The van der Waals surface area contributed by atoms with Crippen molar-refractivity contribution in [3.05, 3.63) is 62.5 Å². The number of carbonyl (C=O) groups is 1. The topological polar surface area (TPSA) is 20.3 Å². The normalized spacial score (nSPS) is 10.5. The highest BCUT2D eigenvalue weighted by molar-refractivity contribution is 9.10. The maximum atomic E-state index is 12.8. The summed E-state index contributed by atoms with van der Waals surface area (Å²) >= 11 is 15.6. The van der Waals surface area contributed by atoms with Gasteiger partial charge in [-0.2, -0.15) is 0 Å². The second-order valence-electron chi connectivity index (χ2n) is 4.53. The molecule has 0 bridgehead atoms. The molecule has 0 aromatic heterocycles. The molecule has 2 aromatic rings. The van der Waals surface area contributed by atoms with Crippen molar-refractivity contribution in [2.24, 2.45) is 0 Å². The van der Waals surface area contributed by atoms with E-state index in [4.69, 9.17) is 23.2 Å². The van der Waals surface area contributed by atoms with Crippen molar-refractivity contribution in [2.45, 2.75) is 13.3 Å². The summed E-state index contributed by atoms with van der Waals surface area (Å²) in [5, 5.41) is 1.08. The average Bonchev–Trinajstić information content (AvgIpc) is 2.47. The summed E-state index contributed by atoms with van der Waals surface area (Å²) in [6, 6.07) is 12.5. The highest BCUT2D eigenvalue weighted by Crippen LogP contribution is 2.29. The van der Waals surface area contributed by atoms with E-state index in [9.17, 15) is 4.79 Å². The zero-order chi connectivity index (χ0) is 15.4. The first-order chi connectivity index (χ1) is 10.0. The van der Waals surface area contributed by atoms with Crippen LogP contribution in [0.4, 0.5) is 5.69 Å². The fourth-order valence-corrected chi connectivity index (χ4v) is 2.86. The molecule has 110 valence electrons. The van der Waals surface area contributed by atoms with Gasteiger partial charge in [0.15, 0.2) is 0 Å². The molecule has 2 nitrogen and oxygen atoms in total. The molecule has 5 heteroatoms. The van der Waals surface area contributed by atoms with Crippen LogP contribution in [-0.2, 0) is 0 Å². The number of hydrogen-bond acceptors (Lipinski definition) is 1. The van der Waals surface area contributed by atoms with Crippen LogP contribution >= 0.6 is 39.1 Å². The van der Waals surface area contributed by atoms with Gasteiger partial charge in [-0.15, -0.1) is 0 Å². The lowest BCUT2D eigenvalue weighted by Gasteiger charge is -2.24. The third kappa shape index (κ3) is 3.79. The molecule has 0 aliphatic heterocycles. The molecule has 0 heterocycles. The number of halogens is 3. The Morgan fingerprint density at radius 2 is 1.90 bits per heavy atom. The summed E-state index contributed by atoms with van der Waals surface area (Å²) in [6.07, 6.45) is 0.829. The van der Waals surface area contributed by atoms with Gasteiger partial charge in [-0.3, -0.25) is 4.79 Å². The number of hydrogen-bond donors (Lipinski definition) is 0. The molecule has 0 fully saturated rings. The first-order valence-electron chi connectivity index (χ1n) is 6.56. The number of carbonyl (C=O) groups excluding carboxylic acids is 1. The van der Waals surface area contributed by atoms with E-state index < -0.39 is 0 Å². The smallest absolute Gasteiger partial charge is 0.259 e. The summed E-state index contributed by atoms with van der Waals surface area (Å²) in [4.78, 5) is 14.5. The zero-order valence-corrected chi connectivity index (χ0v) is 14.5. The minimum atomic E-state index is -0.126. The van der Waals surface area contributed by atoms with Crippen LogP contribution in [0.2, 0.25) is 10.0 Å². The molecule has 0 aliphatic rings. The minimum Gasteiger partial charge on any atom is -0.307 e. The molecular formula is C16H14BrCl2NO. The Kier molecular flexibility index (Phi) is 5.68. The van der Waals surface area contributed by atoms with Crippen molar-refractivity contribution >= 4 is 50.7 Å². The summed E-state index contributed by atoms with van der Waals surface area (Å²) in [5.41, 5.74) is 1.23. The van der Waals surface area contributed by atoms with E-state index in [1.54, 1.807) is 29.2 Å². The molecule has 0 atom stereocenters. The molecule has 0 unspecified atom stereocenters. The summed E-state index contributed by atoms with van der Waals surface area (Å²) in [6.45, 7) is 2.60. The third-order valence-corrected chi connectivity index (χ3v) is 4.24. The lowest BCUT2D eigenvalue weighted by atomic mass is 10.1. The summed E-state index contributed by atoms with van der Waals surface area (Å²) < 4.78 is 0.713. The van der Waals surface area contributed by atoms with Gasteiger partial charge >= 0.3 is 0 Å². The van der Waals surface area contributed by atoms with Gasteiger partial charge in [-0.1, -0.05) is 42.3 Å². The number of anilines is 1. The molecule has 2 aromatic carbocycles. The molecule has 0 aliphatic carbocycles. The minimum absolute atomic E-state index is 0.126. The van der Waals surface area contributed by atoms with Gasteiger partial charge in [0.1, 0.15) is 0 Å².